The molecule has 0 aliphatic rings. The van der Waals surface area contributed by atoms with E-state index in [0.29, 0.717) is 12.3 Å². The number of carbonyl (C=O) groups is 1. The zero-order chi connectivity index (χ0) is 19.3. The Balaban J connectivity index is 3.05. The molecule has 3 nitrogen and oxygen atoms in total. The van der Waals surface area contributed by atoms with Gasteiger partial charge in [0.25, 0.3) is 0 Å². The first-order valence-electron chi connectivity index (χ1n) is 11.2. The van der Waals surface area contributed by atoms with Crippen LogP contribution in [0.1, 0.15) is 117 Å². The SMILES string of the molecule is C=C(C)C(=O)NCOCCCCCCCCCCCCCCCCCC. The van der Waals surface area contributed by atoms with Crippen LogP contribution >= 0.6 is 0 Å². The molecule has 0 saturated carbocycles. The van der Waals surface area contributed by atoms with Gasteiger partial charge in [-0.3, -0.25) is 4.79 Å². The molecule has 3 heteroatoms. The van der Waals surface area contributed by atoms with Gasteiger partial charge in [-0.15, -0.1) is 0 Å². The van der Waals surface area contributed by atoms with E-state index in [1.54, 1.807) is 6.92 Å². The minimum Gasteiger partial charge on any atom is -0.361 e. The van der Waals surface area contributed by atoms with Crippen molar-refractivity contribution in [1.29, 1.82) is 0 Å². The van der Waals surface area contributed by atoms with Crippen LogP contribution in [0.15, 0.2) is 12.2 Å². The average molecular weight is 368 g/mol. The molecular weight excluding hydrogens is 322 g/mol. The summed E-state index contributed by atoms with van der Waals surface area (Å²) < 4.78 is 5.40. The van der Waals surface area contributed by atoms with Gasteiger partial charge in [-0.2, -0.15) is 0 Å². The zero-order valence-electron chi connectivity index (χ0n) is 17.8. The Kier molecular flexibility index (Phi) is 19.8. The summed E-state index contributed by atoms with van der Waals surface area (Å²) >= 11 is 0. The second-order valence-corrected chi connectivity index (χ2v) is 7.64. The normalized spacial score (nSPS) is 10.8. The molecule has 0 spiro atoms. The predicted octanol–water partition coefficient (Wildman–Crippen LogP) is 6.91. The predicted molar refractivity (Wildman–Crippen MR) is 113 cm³/mol. The number of carbonyl (C=O) groups excluding carboxylic acids is 1. The van der Waals surface area contributed by atoms with E-state index in [1.807, 2.05) is 0 Å². The first-order chi connectivity index (χ1) is 12.7. The van der Waals surface area contributed by atoms with Gasteiger partial charge >= 0.3 is 0 Å². The van der Waals surface area contributed by atoms with Crippen LogP contribution in [0.2, 0.25) is 0 Å². The molecule has 0 radical (unpaired) electrons. The maximum Gasteiger partial charge on any atom is 0.248 e. The highest BCUT2D eigenvalue weighted by Gasteiger charge is 1.99. The summed E-state index contributed by atoms with van der Waals surface area (Å²) in [5.74, 6) is -0.128. The van der Waals surface area contributed by atoms with Crippen molar-refractivity contribution in [2.24, 2.45) is 0 Å². The van der Waals surface area contributed by atoms with Crippen LogP contribution in [0.5, 0.6) is 0 Å². The first-order valence-corrected chi connectivity index (χ1v) is 11.2. The number of nitrogens with one attached hydrogen (secondary N) is 1. The van der Waals surface area contributed by atoms with E-state index in [9.17, 15) is 4.79 Å². The van der Waals surface area contributed by atoms with E-state index in [4.69, 9.17) is 4.74 Å². The second-order valence-electron chi connectivity index (χ2n) is 7.64. The summed E-state index contributed by atoms with van der Waals surface area (Å²) in [7, 11) is 0. The monoisotopic (exact) mass is 367 g/mol. The molecule has 154 valence electrons. The van der Waals surface area contributed by atoms with Crippen molar-refractivity contribution in [2.75, 3.05) is 13.3 Å². The highest BCUT2D eigenvalue weighted by molar-refractivity contribution is 5.91. The minimum atomic E-state index is -0.128. The lowest BCUT2D eigenvalue weighted by atomic mass is 10.0. The molecule has 0 heterocycles. The molecule has 0 aromatic heterocycles. The maximum atomic E-state index is 11.2. The quantitative estimate of drug-likeness (QED) is 0.144. The number of unbranched alkanes of at least 4 members (excludes halogenated alkanes) is 15. The third-order valence-corrected chi connectivity index (χ3v) is 4.86. The Morgan fingerprint density at radius 2 is 1.12 bits per heavy atom. The zero-order valence-corrected chi connectivity index (χ0v) is 17.8. The Morgan fingerprint density at radius 1 is 0.731 bits per heavy atom. The molecule has 1 amide bonds. The van der Waals surface area contributed by atoms with E-state index < -0.39 is 0 Å². The summed E-state index contributed by atoms with van der Waals surface area (Å²) in [5, 5.41) is 2.68. The molecule has 26 heavy (non-hydrogen) atoms. The van der Waals surface area contributed by atoms with Gasteiger partial charge in [0, 0.05) is 12.2 Å². The molecule has 0 fully saturated rings. The largest absolute Gasteiger partial charge is 0.361 e. The van der Waals surface area contributed by atoms with E-state index in [1.165, 1.54) is 96.3 Å². The van der Waals surface area contributed by atoms with Gasteiger partial charge in [0.05, 0.1) is 0 Å². The lowest BCUT2D eigenvalue weighted by molar-refractivity contribution is -0.119. The third kappa shape index (κ3) is 19.5. The molecule has 0 aromatic carbocycles. The van der Waals surface area contributed by atoms with Crippen molar-refractivity contribution in [3.05, 3.63) is 12.2 Å². The average Bonchev–Trinajstić information content (AvgIpc) is 2.63. The van der Waals surface area contributed by atoms with Gasteiger partial charge < -0.3 is 10.1 Å². The number of hydrogen-bond donors (Lipinski definition) is 1. The lowest BCUT2D eigenvalue weighted by Crippen LogP contribution is -2.26. The van der Waals surface area contributed by atoms with Gasteiger partial charge in [0.1, 0.15) is 6.73 Å². The molecule has 0 atom stereocenters. The molecule has 0 saturated heterocycles. The Hall–Kier alpha value is -0.830. The fraction of sp³-hybridized carbons (Fsp3) is 0.870. The van der Waals surface area contributed by atoms with Gasteiger partial charge in [-0.1, -0.05) is 110 Å². The summed E-state index contributed by atoms with van der Waals surface area (Å²) in [4.78, 5) is 11.2. The van der Waals surface area contributed by atoms with E-state index in [0.717, 1.165) is 13.0 Å². The molecular formula is C23H45NO2. The summed E-state index contributed by atoms with van der Waals surface area (Å²) in [6.07, 6.45) is 22.0. The van der Waals surface area contributed by atoms with E-state index in [-0.39, 0.29) is 5.91 Å². The molecule has 0 aliphatic heterocycles. The molecule has 0 rings (SSSR count). The van der Waals surface area contributed by atoms with Crippen molar-refractivity contribution in [3.63, 3.8) is 0 Å². The Morgan fingerprint density at radius 3 is 1.50 bits per heavy atom. The molecule has 0 unspecified atom stereocenters. The van der Waals surface area contributed by atoms with Crippen molar-refractivity contribution >= 4 is 5.91 Å². The summed E-state index contributed by atoms with van der Waals surface area (Å²) in [6.45, 7) is 8.60. The Bertz CT molecular complexity index is 328. The van der Waals surface area contributed by atoms with Gasteiger partial charge in [0.2, 0.25) is 5.91 Å². The lowest BCUT2D eigenvalue weighted by Gasteiger charge is -2.06. The van der Waals surface area contributed by atoms with Gasteiger partial charge in [-0.25, -0.2) is 0 Å². The number of ether oxygens (including phenoxy) is 1. The van der Waals surface area contributed by atoms with Crippen molar-refractivity contribution < 1.29 is 9.53 Å². The molecule has 0 aromatic rings. The van der Waals surface area contributed by atoms with Crippen molar-refractivity contribution in [1.82, 2.24) is 5.32 Å². The maximum absolute atomic E-state index is 11.2. The molecule has 0 bridgehead atoms. The standard InChI is InChI=1S/C23H45NO2/c1-4-5-6-7-8-9-10-11-12-13-14-15-16-17-18-19-20-26-21-24-23(25)22(2)3/h2,4-21H2,1,3H3,(H,24,25). The van der Waals surface area contributed by atoms with Crippen LogP contribution in [0.4, 0.5) is 0 Å². The highest BCUT2D eigenvalue weighted by Crippen LogP contribution is 2.13. The number of rotatable bonds is 20. The second kappa shape index (κ2) is 20.5. The van der Waals surface area contributed by atoms with E-state index in [2.05, 4.69) is 18.8 Å². The summed E-state index contributed by atoms with van der Waals surface area (Å²) in [6, 6.07) is 0. The van der Waals surface area contributed by atoms with E-state index >= 15 is 0 Å². The van der Waals surface area contributed by atoms with Crippen LogP contribution in [0.3, 0.4) is 0 Å². The molecule has 1 N–H and O–H groups in total. The van der Waals surface area contributed by atoms with Crippen molar-refractivity contribution in [2.45, 2.75) is 117 Å². The van der Waals surface area contributed by atoms with Crippen LogP contribution in [0, 0.1) is 0 Å². The smallest absolute Gasteiger partial charge is 0.248 e. The summed E-state index contributed by atoms with van der Waals surface area (Å²) in [5.41, 5.74) is 0.524. The van der Waals surface area contributed by atoms with Crippen molar-refractivity contribution in [3.8, 4) is 0 Å². The highest BCUT2D eigenvalue weighted by atomic mass is 16.5. The fourth-order valence-electron chi connectivity index (χ4n) is 3.09. The third-order valence-electron chi connectivity index (χ3n) is 4.86. The first kappa shape index (κ1) is 25.2. The number of amides is 1. The fourth-order valence-corrected chi connectivity index (χ4v) is 3.09. The van der Waals surface area contributed by atoms with Crippen LogP contribution in [0.25, 0.3) is 0 Å². The topological polar surface area (TPSA) is 38.3 Å². The Labute approximate surface area is 163 Å². The molecule has 0 aliphatic carbocycles. The minimum absolute atomic E-state index is 0.128. The van der Waals surface area contributed by atoms with Crippen LogP contribution in [-0.2, 0) is 9.53 Å². The van der Waals surface area contributed by atoms with Gasteiger partial charge in [0.15, 0.2) is 0 Å². The van der Waals surface area contributed by atoms with Gasteiger partial charge in [-0.05, 0) is 13.3 Å². The number of hydrogen-bond acceptors (Lipinski definition) is 2. The van der Waals surface area contributed by atoms with Crippen LogP contribution in [-0.4, -0.2) is 19.2 Å². The van der Waals surface area contributed by atoms with Crippen LogP contribution < -0.4 is 5.32 Å².